The van der Waals surface area contributed by atoms with Gasteiger partial charge in [-0.15, -0.1) is 0 Å². The number of unbranched alkanes of at least 4 members (excludes halogenated alkanes) is 12. The van der Waals surface area contributed by atoms with Gasteiger partial charge in [-0.05, 0) is 79.7 Å². The lowest BCUT2D eigenvalue weighted by molar-refractivity contribution is -0.134. The van der Waals surface area contributed by atoms with Crippen molar-refractivity contribution in [2.45, 2.75) is 154 Å². The molecule has 0 radical (unpaired) electrons. The first-order valence-electron chi connectivity index (χ1n) is 16.2. The highest BCUT2D eigenvalue weighted by molar-refractivity contribution is 5.73. The monoisotopic (exact) mass is 526 g/mol. The fourth-order valence-corrected chi connectivity index (χ4v) is 8.18. The summed E-state index contributed by atoms with van der Waals surface area (Å²) in [5.74, 6) is 2.05. The van der Waals surface area contributed by atoms with Crippen LogP contribution in [0, 0.1) is 17.3 Å². The van der Waals surface area contributed by atoms with Crippen molar-refractivity contribution < 1.29 is 19.7 Å². The standard InChI is InChI=1S/C34H54O4/c1-3-4-5-6-7-8-9-10-11-12-13-14-15-16-32(37)38-30-24-26(35)23-25-17-18-27-28(33(25)30)21-22-34(2)29(27)19-20-31(34)36/h23-24,27-29,31,35-36H,3-22H2,1-2H3/t27-,28-,29-,31-,34-/m0/s1. The molecule has 3 aliphatic carbocycles. The summed E-state index contributed by atoms with van der Waals surface area (Å²) in [6.45, 7) is 4.56. The van der Waals surface area contributed by atoms with Gasteiger partial charge in [0.05, 0.1) is 6.10 Å². The van der Waals surface area contributed by atoms with Crippen molar-refractivity contribution in [2.24, 2.45) is 17.3 Å². The van der Waals surface area contributed by atoms with E-state index in [9.17, 15) is 15.0 Å². The smallest absolute Gasteiger partial charge is 0.311 e. The number of benzene rings is 1. The number of aliphatic hydroxyl groups is 1. The Bertz CT molecular complexity index is 895. The van der Waals surface area contributed by atoms with E-state index in [2.05, 4.69) is 13.8 Å². The summed E-state index contributed by atoms with van der Waals surface area (Å²) >= 11 is 0. The highest BCUT2D eigenvalue weighted by atomic mass is 16.5. The van der Waals surface area contributed by atoms with Crippen LogP contribution in [0.2, 0.25) is 0 Å². The minimum Gasteiger partial charge on any atom is -0.508 e. The summed E-state index contributed by atoms with van der Waals surface area (Å²) in [6.07, 6.45) is 23.1. The lowest BCUT2D eigenvalue weighted by Crippen LogP contribution is -2.44. The summed E-state index contributed by atoms with van der Waals surface area (Å²) in [5, 5.41) is 21.1. The Morgan fingerprint density at radius 3 is 2.18 bits per heavy atom. The summed E-state index contributed by atoms with van der Waals surface area (Å²) < 4.78 is 5.96. The van der Waals surface area contributed by atoms with Gasteiger partial charge in [-0.2, -0.15) is 0 Å². The van der Waals surface area contributed by atoms with Crippen LogP contribution in [0.5, 0.6) is 11.5 Å². The average Bonchev–Trinajstić information content (AvgIpc) is 3.20. The number of phenolic OH excluding ortho intramolecular Hbond substituents is 1. The lowest BCUT2D eigenvalue weighted by Gasteiger charge is -2.50. The Labute approximate surface area is 231 Å². The van der Waals surface area contributed by atoms with E-state index in [1.807, 2.05) is 6.07 Å². The number of hydrogen-bond donors (Lipinski definition) is 2. The predicted molar refractivity (Wildman–Crippen MR) is 155 cm³/mol. The summed E-state index contributed by atoms with van der Waals surface area (Å²) in [6, 6.07) is 3.55. The number of carbonyl (C=O) groups is 1. The van der Waals surface area contributed by atoms with Gasteiger partial charge in [0.25, 0.3) is 0 Å². The number of rotatable bonds is 15. The molecule has 4 nitrogen and oxygen atoms in total. The van der Waals surface area contributed by atoms with Gasteiger partial charge < -0.3 is 14.9 Å². The number of esters is 1. The third-order valence-corrected chi connectivity index (χ3v) is 10.4. The highest BCUT2D eigenvalue weighted by Gasteiger charge is 2.54. The maximum absolute atomic E-state index is 12.8. The summed E-state index contributed by atoms with van der Waals surface area (Å²) in [5.41, 5.74) is 2.35. The molecular weight excluding hydrogens is 472 g/mol. The lowest BCUT2D eigenvalue weighted by atomic mass is 9.55. The first-order chi connectivity index (χ1) is 18.4. The number of phenols is 1. The maximum atomic E-state index is 12.8. The van der Waals surface area contributed by atoms with E-state index in [0.717, 1.165) is 56.9 Å². The van der Waals surface area contributed by atoms with Gasteiger partial charge in [-0.1, -0.05) is 90.9 Å². The van der Waals surface area contributed by atoms with E-state index in [1.54, 1.807) is 6.07 Å². The second kappa shape index (κ2) is 14.2. The van der Waals surface area contributed by atoms with Gasteiger partial charge >= 0.3 is 5.97 Å². The van der Waals surface area contributed by atoms with Crippen molar-refractivity contribution in [3.8, 4) is 11.5 Å². The second-order valence-electron chi connectivity index (χ2n) is 13.0. The van der Waals surface area contributed by atoms with Crippen molar-refractivity contribution in [3.63, 3.8) is 0 Å². The molecule has 0 heterocycles. The Morgan fingerprint density at radius 2 is 1.53 bits per heavy atom. The number of aromatic hydroxyl groups is 1. The molecule has 2 fully saturated rings. The molecule has 38 heavy (non-hydrogen) atoms. The number of carbonyl (C=O) groups excluding carboxylic acids is 1. The number of ether oxygens (including phenoxy) is 1. The van der Waals surface area contributed by atoms with Crippen LogP contribution in [-0.4, -0.2) is 22.3 Å². The number of aryl methyl sites for hydroxylation is 1. The first kappa shape index (κ1) is 29.4. The first-order valence-corrected chi connectivity index (χ1v) is 16.2. The highest BCUT2D eigenvalue weighted by Crippen LogP contribution is 2.62. The van der Waals surface area contributed by atoms with Gasteiger partial charge in [-0.25, -0.2) is 0 Å². The van der Waals surface area contributed by atoms with E-state index in [4.69, 9.17) is 4.74 Å². The van der Waals surface area contributed by atoms with Crippen LogP contribution >= 0.6 is 0 Å². The average molecular weight is 527 g/mol. The SMILES string of the molecule is CCCCCCCCCCCCCCCC(=O)Oc1cc(O)cc2c1[C@H]1CC[C@]3(C)[C@@H](O)CC[C@H]3[C@H]1CC2. The zero-order chi connectivity index (χ0) is 27.0. The zero-order valence-corrected chi connectivity index (χ0v) is 24.3. The molecule has 214 valence electrons. The summed E-state index contributed by atoms with van der Waals surface area (Å²) in [4.78, 5) is 12.8. The van der Waals surface area contributed by atoms with Crippen LogP contribution in [0.4, 0.5) is 0 Å². The quantitative estimate of drug-likeness (QED) is 0.136. The molecule has 0 spiro atoms. The van der Waals surface area contributed by atoms with E-state index in [0.29, 0.717) is 29.9 Å². The largest absolute Gasteiger partial charge is 0.508 e. The molecule has 0 bridgehead atoms. The van der Waals surface area contributed by atoms with Crippen molar-refractivity contribution in [1.82, 2.24) is 0 Å². The van der Waals surface area contributed by atoms with Gasteiger partial charge in [0.2, 0.25) is 0 Å². The second-order valence-corrected chi connectivity index (χ2v) is 13.0. The number of fused-ring (bicyclic) bond motifs is 5. The molecule has 1 aromatic carbocycles. The molecule has 5 atom stereocenters. The molecule has 0 saturated heterocycles. The normalized spacial score (nSPS) is 28.0. The topological polar surface area (TPSA) is 66.8 Å². The molecule has 3 aliphatic rings. The fraction of sp³-hybridized carbons (Fsp3) is 0.794. The molecular formula is C34H54O4. The minimum absolute atomic E-state index is 0.0284. The fourth-order valence-electron chi connectivity index (χ4n) is 8.18. The van der Waals surface area contributed by atoms with Crippen molar-refractivity contribution in [3.05, 3.63) is 23.3 Å². The molecule has 4 heteroatoms. The zero-order valence-electron chi connectivity index (χ0n) is 24.3. The Hall–Kier alpha value is -1.55. The van der Waals surface area contributed by atoms with E-state index in [-0.39, 0.29) is 23.2 Å². The van der Waals surface area contributed by atoms with Crippen LogP contribution in [-0.2, 0) is 11.2 Å². The third kappa shape index (κ3) is 7.14. The van der Waals surface area contributed by atoms with Gasteiger partial charge in [0.15, 0.2) is 0 Å². The van der Waals surface area contributed by atoms with E-state index >= 15 is 0 Å². The molecule has 0 aromatic heterocycles. The third-order valence-electron chi connectivity index (χ3n) is 10.4. The number of hydrogen-bond acceptors (Lipinski definition) is 4. The van der Waals surface area contributed by atoms with Crippen LogP contribution < -0.4 is 4.74 Å². The molecule has 2 saturated carbocycles. The van der Waals surface area contributed by atoms with Crippen molar-refractivity contribution >= 4 is 5.97 Å². The molecule has 4 rings (SSSR count). The van der Waals surface area contributed by atoms with Crippen LogP contribution in [0.3, 0.4) is 0 Å². The minimum atomic E-state index is -0.188. The molecule has 0 amide bonds. The van der Waals surface area contributed by atoms with E-state index < -0.39 is 0 Å². The Balaban J connectivity index is 1.20. The van der Waals surface area contributed by atoms with Crippen LogP contribution in [0.1, 0.15) is 153 Å². The number of aliphatic hydroxyl groups excluding tert-OH is 1. The Kier molecular flexibility index (Phi) is 11.0. The van der Waals surface area contributed by atoms with Crippen molar-refractivity contribution in [2.75, 3.05) is 0 Å². The van der Waals surface area contributed by atoms with Crippen LogP contribution in [0.25, 0.3) is 0 Å². The van der Waals surface area contributed by atoms with Gasteiger partial charge in [0, 0.05) is 18.1 Å². The van der Waals surface area contributed by atoms with Gasteiger partial charge in [-0.3, -0.25) is 4.79 Å². The molecule has 0 aliphatic heterocycles. The van der Waals surface area contributed by atoms with E-state index in [1.165, 1.54) is 76.2 Å². The van der Waals surface area contributed by atoms with Crippen LogP contribution in [0.15, 0.2) is 12.1 Å². The molecule has 1 aromatic rings. The van der Waals surface area contributed by atoms with Crippen molar-refractivity contribution in [1.29, 1.82) is 0 Å². The molecule has 0 unspecified atom stereocenters. The molecule has 2 N–H and O–H groups in total. The predicted octanol–water partition coefficient (Wildman–Crippen LogP) is 9.00. The van der Waals surface area contributed by atoms with Gasteiger partial charge in [0.1, 0.15) is 11.5 Å². The summed E-state index contributed by atoms with van der Waals surface area (Å²) in [7, 11) is 0. The Morgan fingerprint density at radius 1 is 0.895 bits per heavy atom. The maximum Gasteiger partial charge on any atom is 0.311 e.